The zero-order valence-corrected chi connectivity index (χ0v) is 13.8. The number of rotatable bonds is 4. The molecule has 0 unspecified atom stereocenters. The minimum absolute atomic E-state index is 0.561. The molecule has 3 aromatic carbocycles. The van der Waals surface area contributed by atoms with E-state index in [1.807, 2.05) is 66.7 Å². The Morgan fingerprint density at radius 3 is 2.44 bits per heavy atom. The molecule has 4 heteroatoms. The first kappa shape index (κ1) is 15.1. The third-order valence-electron chi connectivity index (χ3n) is 3.98. The summed E-state index contributed by atoms with van der Waals surface area (Å²) in [7, 11) is 1.65. The predicted octanol–water partition coefficient (Wildman–Crippen LogP) is 5.05. The third kappa shape index (κ3) is 3.15. The average Bonchev–Trinajstić information content (AvgIpc) is 2.68. The van der Waals surface area contributed by atoms with Crippen molar-refractivity contribution in [2.75, 3.05) is 12.4 Å². The van der Waals surface area contributed by atoms with Crippen LogP contribution in [0.2, 0.25) is 0 Å². The molecule has 1 N–H and O–H groups in total. The number of hydrogen-bond donors (Lipinski definition) is 1. The summed E-state index contributed by atoms with van der Waals surface area (Å²) in [6, 6.07) is 25.9. The number of methoxy groups -OCH3 is 1. The van der Waals surface area contributed by atoms with Crippen LogP contribution in [-0.2, 0) is 0 Å². The second-order valence-electron chi connectivity index (χ2n) is 5.64. The van der Waals surface area contributed by atoms with Gasteiger partial charge in [0.2, 0.25) is 5.95 Å². The molecule has 0 spiro atoms. The highest BCUT2D eigenvalue weighted by atomic mass is 16.5. The van der Waals surface area contributed by atoms with Gasteiger partial charge in [-0.3, -0.25) is 0 Å². The number of anilines is 2. The lowest BCUT2D eigenvalue weighted by molar-refractivity contribution is 0.415. The Balaban J connectivity index is 1.82. The van der Waals surface area contributed by atoms with Crippen molar-refractivity contribution in [2.45, 2.75) is 0 Å². The molecule has 0 aliphatic rings. The van der Waals surface area contributed by atoms with Gasteiger partial charge in [-0.25, -0.2) is 9.97 Å². The first-order valence-electron chi connectivity index (χ1n) is 8.07. The second-order valence-corrected chi connectivity index (χ2v) is 5.64. The minimum atomic E-state index is 0.561. The van der Waals surface area contributed by atoms with Gasteiger partial charge in [0, 0.05) is 22.7 Å². The zero-order chi connectivity index (χ0) is 17.1. The molecule has 0 aliphatic heterocycles. The average molecular weight is 327 g/mol. The number of para-hydroxylation sites is 1. The summed E-state index contributed by atoms with van der Waals surface area (Å²) in [6.45, 7) is 0. The highest BCUT2D eigenvalue weighted by Crippen LogP contribution is 2.28. The molecule has 0 amide bonds. The maximum absolute atomic E-state index is 5.28. The van der Waals surface area contributed by atoms with Crippen LogP contribution in [0.25, 0.3) is 22.2 Å². The van der Waals surface area contributed by atoms with Gasteiger partial charge >= 0.3 is 0 Å². The van der Waals surface area contributed by atoms with E-state index in [2.05, 4.69) is 22.4 Å². The SMILES string of the molecule is COc1cccc(Nc2nc(-c3ccccc3)c3ccccc3n2)c1. The van der Waals surface area contributed by atoms with Crippen molar-refractivity contribution >= 4 is 22.5 Å². The highest BCUT2D eigenvalue weighted by molar-refractivity contribution is 5.93. The molecule has 0 fully saturated rings. The Kier molecular flexibility index (Phi) is 4.01. The number of nitrogens with zero attached hydrogens (tertiary/aromatic N) is 2. The van der Waals surface area contributed by atoms with Crippen LogP contribution in [0.4, 0.5) is 11.6 Å². The maximum atomic E-state index is 5.28. The summed E-state index contributed by atoms with van der Waals surface area (Å²) in [6.07, 6.45) is 0. The van der Waals surface area contributed by atoms with Crippen molar-refractivity contribution in [1.29, 1.82) is 0 Å². The first-order chi connectivity index (χ1) is 12.3. The Morgan fingerprint density at radius 2 is 1.60 bits per heavy atom. The fourth-order valence-corrected chi connectivity index (χ4v) is 2.78. The molecule has 4 rings (SSSR count). The van der Waals surface area contributed by atoms with E-state index in [-0.39, 0.29) is 0 Å². The number of hydrogen-bond acceptors (Lipinski definition) is 4. The molecule has 122 valence electrons. The summed E-state index contributed by atoms with van der Waals surface area (Å²) in [4.78, 5) is 9.41. The molecular weight excluding hydrogens is 310 g/mol. The van der Waals surface area contributed by atoms with Crippen molar-refractivity contribution in [3.8, 4) is 17.0 Å². The number of benzene rings is 3. The van der Waals surface area contributed by atoms with Gasteiger partial charge in [0.25, 0.3) is 0 Å². The predicted molar refractivity (Wildman–Crippen MR) is 101 cm³/mol. The summed E-state index contributed by atoms with van der Waals surface area (Å²) in [5.41, 5.74) is 3.77. The number of nitrogens with one attached hydrogen (secondary N) is 1. The first-order valence-corrected chi connectivity index (χ1v) is 8.07. The van der Waals surface area contributed by atoms with Gasteiger partial charge < -0.3 is 10.1 Å². The van der Waals surface area contributed by atoms with Crippen molar-refractivity contribution in [3.63, 3.8) is 0 Å². The van der Waals surface area contributed by atoms with E-state index in [1.165, 1.54) is 0 Å². The second kappa shape index (κ2) is 6.61. The summed E-state index contributed by atoms with van der Waals surface area (Å²) < 4.78 is 5.28. The van der Waals surface area contributed by atoms with Crippen LogP contribution in [0.5, 0.6) is 5.75 Å². The lowest BCUT2D eigenvalue weighted by atomic mass is 10.1. The Labute approximate surface area is 146 Å². The molecule has 4 aromatic rings. The quantitative estimate of drug-likeness (QED) is 0.570. The normalized spacial score (nSPS) is 10.6. The van der Waals surface area contributed by atoms with Gasteiger partial charge in [-0.15, -0.1) is 0 Å². The number of fused-ring (bicyclic) bond motifs is 1. The number of ether oxygens (including phenoxy) is 1. The third-order valence-corrected chi connectivity index (χ3v) is 3.98. The molecule has 1 heterocycles. The van der Waals surface area contributed by atoms with E-state index in [4.69, 9.17) is 9.72 Å². The summed E-state index contributed by atoms with van der Waals surface area (Å²) in [5, 5.41) is 4.31. The lowest BCUT2D eigenvalue weighted by Crippen LogP contribution is -2.00. The standard InChI is InChI=1S/C21H17N3O/c1-25-17-11-7-10-16(14-17)22-21-23-19-13-6-5-12-18(19)20(24-21)15-8-3-2-4-9-15/h2-14H,1H3,(H,22,23,24). The van der Waals surface area contributed by atoms with Crippen LogP contribution in [0.1, 0.15) is 0 Å². The largest absolute Gasteiger partial charge is 0.497 e. The fraction of sp³-hybridized carbons (Fsp3) is 0.0476. The van der Waals surface area contributed by atoms with Crippen molar-refractivity contribution in [3.05, 3.63) is 78.9 Å². The topological polar surface area (TPSA) is 47.0 Å². The van der Waals surface area contributed by atoms with Crippen LogP contribution in [0, 0.1) is 0 Å². The smallest absolute Gasteiger partial charge is 0.228 e. The van der Waals surface area contributed by atoms with Crippen LogP contribution in [0.15, 0.2) is 78.9 Å². The Bertz CT molecular complexity index is 1020. The van der Waals surface area contributed by atoms with Gasteiger partial charge in [-0.2, -0.15) is 0 Å². The minimum Gasteiger partial charge on any atom is -0.497 e. The van der Waals surface area contributed by atoms with Gasteiger partial charge in [0.15, 0.2) is 0 Å². The number of aromatic nitrogens is 2. The van der Waals surface area contributed by atoms with Crippen LogP contribution < -0.4 is 10.1 Å². The van der Waals surface area contributed by atoms with Gasteiger partial charge in [-0.05, 0) is 18.2 Å². The highest BCUT2D eigenvalue weighted by Gasteiger charge is 2.09. The summed E-state index contributed by atoms with van der Waals surface area (Å²) >= 11 is 0. The summed E-state index contributed by atoms with van der Waals surface area (Å²) in [5.74, 6) is 1.35. The van der Waals surface area contributed by atoms with Crippen molar-refractivity contribution < 1.29 is 4.74 Å². The van der Waals surface area contributed by atoms with E-state index < -0.39 is 0 Å². The van der Waals surface area contributed by atoms with Gasteiger partial charge in [0.1, 0.15) is 5.75 Å². The van der Waals surface area contributed by atoms with Gasteiger partial charge in [0.05, 0.1) is 18.3 Å². The molecule has 0 saturated heterocycles. The molecule has 0 radical (unpaired) electrons. The fourth-order valence-electron chi connectivity index (χ4n) is 2.78. The molecule has 4 nitrogen and oxygen atoms in total. The van der Waals surface area contributed by atoms with Crippen molar-refractivity contribution in [1.82, 2.24) is 9.97 Å². The maximum Gasteiger partial charge on any atom is 0.228 e. The van der Waals surface area contributed by atoms with E-state index in [1.54, 1.807) is 7.11 Å². The Morgan fingerprint density at radius 1 is 0.800 bits per heavy atom. The van der Waals surface area contributed by atoms with E-state index >= 15 is 0 Å². The van der Waals surface area contributed by atoms with E-state index in [0.717, 1.165) is 33.6 Å². The molecule has 0 bridgehead atoms. The van der Waals surface area contributed by atoms with Gasteiger partial charge in [-0.1, -0.05) is 54.6 Å². The van der Waals surface area contributed by atoms with Crippen LogP contribution >= 0.6 is 0 Å². The molecule has 0 aliphatic carbocycles. The molecule has 25 heavy (non-hydrogen) atoms. The lowest BCUT2D eigenvalue weighted by Gasteiger charge is -2.11. The van der Waals surface area contributed by atoms with Crippen LogP contribution in [-0.4, -0.2) is 17.1 Å². The molecular formula is C21H17N3O. The van der Waals surface area contributed by atoms with E-state index in [0.29, 0.717) is 5.95 Å². The van der Waals surface area contributed by atoms with Crippen LogP contribution in [0.3, 0.4) is 0 Å². The zero-order valence-electron chi connectivity index (χ0n) is 13.8. The monoisotopic (exact) mass is 327 g/mol. The van der Waals surface area contributed by atoms with Crippen molar-refractivity contribution in [2.24, 2.45) is 0 Å². The van der Waals surface area contributed by atoms with E-state index in [9.17, 15) is 0 Å². The molecule has 0 saturated carbocycles. The molecule has 1 aromatic heterocycles. The Hall–Kier alpha value is -3.40. The molecule has 0 atom stereocenters.